The molecule has 0 radical (unpaired) electrons. The first-order valence-electron chi connectivity index (χ1n) is 7.11. The molecule has 1 saturated heterocycles. The van der Waals surface area contributed by atoms with Crippen LogP contribution in [0.5, 0.6) is 0 Å². The second-order valence-corrected chi connectivity index (χ2v) is 5.70. The molecule has 1 fully saturated rings. The summed E-state index contributed by atoms with van der Waals surface area (Å²) in [5.41, 5.74) is 2.03. The minimum absolute atomic E-state index is 0.275. The first-order chi connectivity index (χ1) is 9.06. The van der Waals surface area contributed by atoms with E-state index in [1.165, 1.54) is 0 Å². The Morgan fingerprint density at radius 1 is 1.53 bits per heavy atom. The third kappa shape index (κ3) is 3.12. The maximum absolute atomic E-state index is 6.38. The molecule has 1 aliphatic heterocycles. The molecule has 0 bridgehead atoms. The van der Waals surface area contributed by atoms with Crippen LogP contribution in [-0.2, 0) is 17.7 Å². The molecule has 19 heavy (non-hydrogen) atoms. The summed E-state index contributed by atoms with van der Waals surface area (Å²) < 4.78 is 7.97. The summed E-state index contributed by atoms with van der Waals surface area (Å²) in [5, 5.41) is 8.65. The largest absolute Gasteiger partial charge is 0.374 e. The van der Waals surface area contributed by atoms with E-state index in [1.54, 1.807) is 0 Å². The monoisotopic (exact) mass is 285 g/mol. The third-order valence-electron chi connectivity index (χ3n) is 3.95. The molecule has 3 unspecified atom stereocenters. The molecule has 0 spiro atoms. The number of ether oxygens (including phenoxy) is 1. The fourth-order valence-corrected chi connectivity index (χ4v) is 3.03. The van der Waals surface area contributed by atoms with Gasteiger partial charge in [-0.25, -0.2) is 0 Å². The molecular weight excluding hydrogens is 262 g/mol. The highest BCUT2D eigenvalue weighted by atomic mass is 35.5. The van der Waals surface area contributed by atoms with Gasteiger partial charge in [-0.05, 0) is 40.7 Å². The van der Waals surface area contributed by atoms with Crippen molar-refractivity contribution in [2.45, 2.75) is 64.8 Å². The number of nitrogens with one attached hydrogen (secondary N) is 1. The number of hydrogen-bond acceptors (Lipinski definition) is 3. The lowest BCUT2D eigenvalue weighted by atomic mass is 10.0. The van der Waals surface area contributed by atoms with Gasteiger partial charge in [0.25, 0.3) is 0 Å². The van der Waals surface area contributed by atoms with Crippen LogP contribution in [0.4, 0.5) is 0 Å². The van der Waals surface area contributed by atoms with Crippen LogP contribution in [0.25, 0.3) is 0 Å². The number of nitrogens with zero attached hydrogens (tertiary/aromatic N) is 2. The molecule has 4 nitrogen and oxygen atoms in total. The summed E-state index contributed by atoms with van der Waals surface area (Å²) in [6.45, 7) is 7.04. The van der Waals surface area contributed by atoms with E-state index in [1.807, 2.05) is 18.7 Å². The maximum atomic E-state index is 6.38. The lowest BCUT2D eigenvalue weighted by Gasteiger charge is -2.23. The smallest absolute Gasteiger partial charge is 0.0847 e. The van der Waals surface area contributed by atoms with E-state index >= 15 is 0 Å². The topological polar surface area (TPSA) is 39.1 Å². The van der Waals surface area contributed by atoms with Crippen LogP contribution < -0.4 is 5.32 Å². The Bertz CT molecular complexity index is 433. The predicted octanol–water partition coefficient (Wildman–Crippen LogP) is 2.56. The maximum Gasteiger partial charge on any atom is 0.0847 e. The first kappa shape index (κ1) is 14.8. The molecule has 0 aromatic carbocycles. The van der Waals surface area contributed by atoms with Gasteiger partial charge in [0.15, 0.2) is 0 Å². The van der Waals surface area contributed by atoms with Gasteiger partial charge in [-0.3, -0.25) is 4.68 Å². The molecule has 2 rings (SSSR count). The van der Waals surface area contributed by atoms with Gasteiger partial charge in [-0.2, -0.15) is 5.10 Å². The van der Waals surface area contributed by atoms with Crippen LogP contribution in [0.1, 0.15) is 38.1 Å². The number of aromatic nitrogens is 2. The van der Waals surface area contributed by atoms with Crippen LogP contribution in [0, 0.1) is 6.92 Å². The Hall–Kier alpha value is -0.580. The second kappa shape index (κ2) is 6.25. The van der Waals surface area contributed by atoms with Gasteiger partial charge >= 0.3 is 0 Å². The molecule has 108 valence electrons. The number of rotatable bonds is 5. The Morgan fingerprint density at radius 2 is 2.26 bits per heavy atom. The van der Waals surface area contributed by atoms with Gasteiger partial charge in [0.05, 0.1) is 28.6 Å². The SMILES string of the molecule is CCn1nc(C)c(Cl)c1CC(NC)C1CCC(C)O1. The minimum Gasteiger partial charge on any atom is -0.374 e. The van der Waals surface area contributed by atoms with Gasteiger partial charge in [0.2, 0.25) is 0 Å². The zero-order chi connectivity index (χ0) is 14.0. The second-order valence-electron chi connectivity index (χ2n) is 5.32. The lowest BCUT2D eigenvalue weighted by Crippen LogP contribution is -2.40. The van der Waals surface area contributed by atoms with Crippen molar-refractivity contribution in [3.8, 4) is 0 Å². The van der Waals surface area contributed by atoms with Gasteiger partial charge in [0.1, 0.15) is 0 Å². The van der Waals surface area contributed by atoms with Crippen molar-refractivity contribution in [2.24, 2.45) is 0 Å². The standard InChI is InChI=1S/C14H24ClN3O/c1-5-18-12(14(15)10(3)17-18)8-11(16-4)13-7-6-9(2)19-13/h9,11,13,16H,5-8H2,1-4H3. The van der Waals surface area contributed by atoms with Crippen molar-refractivity contribution in [1.29, 1.82) is 0 Å². The zero-order valence-corrected chi connectivity index (χ0v) is 13.0. The normalized spacial score (nSPS) is 24.9. The molecule has 3 atom stereocenters. The minimum atomic E-state index is 0.275. The van der Waals surface area contributed by atoms with Crippen LogP contribution in [0.15, 0.2) is 0 Å². The highest BCUT2D eigenvalue weighted by Crippen LogP contribution is 2.27. The highest BCUT2D eigenvalue weighted by Gasteiger charge is 2.30. The molecule has 0 aliphatic carbocycles. The molecule has 0 amide bonds. The Labute approximate surface area is 120 Å². The van der Waals surface area contributed by atoms with Crippen molar-refractivity contribution in [2.75, 3.05) is 7.05 Å². The molecule has 1 aliphatic rings. The summed E-state index contributed by atoms with van der Waals surface area (Å²) in [6, 6.07) is 0.295. The lowest BCUT2D eigenvalue weighted by molar-refractivity contribution is 0.0333. The quantitative estimate of drug-likeness (QED) is 0.904. The van der Waals surface area contributed by atoms with E-state index in [0.29, 0.717) is 12.1 Å². The van der Waals surface area contributed by atoms with Crippen LogP contribution >= 0.6 is 11.6 Å². The van der Waals surface area contributed by atoms with Gasteiger partial charge in [-0.1, -0.05) is 11.6 Å². The van der Waals surface area contributed by atoms with Gasteiger partial charge in [0, 0.05) is 19.0 Å². The Kier molecular flexibility index (Phi) is 4.87. The molecule has 1 aromatic heterocycles. The number of aryl methyl sites for hydroxylation is 2. The van der Waals surface area contributed by atoms with Crippen LogP contribution in [0.2, 0.25) is 5.02 Å². The zero-order valence-electron chi connectivity index (χ0n) is 12.2. The van der Waals surface area contributed by atoms with E-state index in [2.05, 4.69) is 24.3 Å². The van der Waals surface area contributed by atoms with Crippen molar-refractivity contribution in [3.63, 3.8) is 0 Å². The first-order valence-corrected chi connectivity index (χ1v) is 7.49. The summed E-state index contributed by atoms with van der Waals surface area (Å²) in [7, 11) is 1.99. The number of halogens is 1. The van der Waals surface area contributed by atoms with Crippen molar-refractivity contribution in [3.05, 3.63) is 16.4 Å². The highest BCUT2D eigenvalue weighted by molar-refractivity contribution is 6.31. The fourth-order valence-electron chi connectivity index (χ4n) is 2.82. The summed E-state index contributed by atoms with van der Waals surface area (Å²) in [4.78, 5) is 0. The van der Waals surface area contributed by atoms with Crippen LogP contribution in [-0.4, -0.2) is 35.1 Å². The molecule has 0 saturated carbocycles. The van der Waals surface area contributed by atoms with Crippen LogP contribution in [0.3, 0.4) is 0 Å². The average molecular weight is 286 g/mol. The van der Waals surface area contributed by atoms with Crippen molar-refractivity contribution >= 4 is 11.6 Å². The van der Waals surface area contributed by atoms with Crippen molar-refractivity contribution in [1.82, 2.24) is 15.1 Å². The summed E-state index contributed by atoms with van der Waals surface area (Å²) in [6.07, 6.45) is 3.76. The number of hydrogen-bond donors (Lipinski definition) is 1. The van der Waals surface area contributed by atoms with E-state index < -0.39 is 0 Å². The van der Waals surface area contributed by atoms with E-state index in [9.17, 15) is 0 Å². The van der Waals surface area contributed by atoms with Gasteiger partial charge < -0.3 is 10.1 Å². The molecular formula is C14H24ClN3O. The van der Waals surface area contributed by atoms with E-state index in [0.717, 1.165) is 42.2 Å². The fraction of sp³-hybridized carbons (Fsp3) is 0.786. The average Bonchev–Trinajstić information content (AvgIpc) is 2.93. The third-order valence-corrected chi connectivity index (χ3v) is 4.44. The summed E-state index contributed by atoms with van der Waals surface area (Å²) >= 11 is 6.38. The van der Waals surface area contributed by atoms with Crippen molar-refractivity contribution < 1.29 is 4.74 Å². The molecule has 1 aromatic rings. The molecule has 1 N–H and O–H groups in total. The summed E-state index contributed by atoms with van der Waals surface area (Å²) in [5.74, 6) is 0. The Balaban J connectivity index is 2.14. The molecule has 5 heteroatoms. The molecule has 2 heterocycles. The van der Waals surface area contributed by atoms with E-state index in [-0.39, 0.29) is 6.10 Å². The Morgan fingerprint density at radius 3 is 2.79 bits per heavy atom. The predicted molar refractivity (Wildman–Crippen MR) is 77.8 cm³/mol. The van der Waals surface area contributed by atoms with Gasteiger partial charge in [-0.15, -0.1) is 0 Å². The number of likely N-dealkylation sites (N-methyl/N-ethyl adjacent to an activating group) is 1. The van der Waals surface area contributed by atoms with E-state index in [4.69, 9.17) is 16.3 Å².